The van der Waals surface area contributed by atoms with Gasteiger partial charge in [-0.15, -0.1) is 0 Å². The Morgan fingerprint density at radius 3 is 2.11 bits per heavy atom. The molecule has 0 saturated carbocycles. The summed E-state index contributed by atoms with van der Waals surface area (Å²) in [5.74, 6) is 6.41. The molecule has 4 heteroatoms. The molecule has 0 spiro atoms. The molecule has 0 bridgehead atoms. The quantitative estimate of drug-likeness (QED) is 0.402. The third kappa shape index (κ3) is 1.66. The first-order chi connectivity index (χ1) is 4.27. The Morgan fingerprint density at radius 1 is 1.22 bits per heavy atom. The molecule has 1 heterocycles. The molecular weight excluding hydrogens is 136 g/mol. The topological polar surface area (TPSA) is 55.4 Å². The van der Waals surface area contributed by atoms with Crippen molar-refractivity contribution in [3.05, 3.63) is 0 Å². The van der Waals surface area contributed by atoms with Crippen LogP contribution in [0.15, 0.2) is 4.47 Å². The number of rotatable bonds is 0. The molecule has 1 fully saturated rings. The lowest BCUT2D eigenvalue weighted by atomic mass is 10.3. The van der Waals surface area contributed by atoms with E-state index in [0.717, 1.165) is 12.8 Å². The van der Waals surface area contributed by atoms with Gasteiger partial charge in [-0.25, -0.2) is 10.1 Å². The maximum Gasteiger partial charge on any atom is 0.0634 e. The van der Waals surface area contributed by atoms with Crippen LogP contribution < -0.4 is 5.84 Å². The Labute approximate surface area is 55.8 Å². The summed E-state index contributed by atoms with van der Waals surface area (Å²) in [4.78, 5) is 0. The van der Waals surface area contributed by atoms with Crippen LogP contribution in [0, 0.1) is 0 Å². The third-order valence-corrected chi connectivity index (χ3v) is 3.86. The second-order valence-corrected chi connectivity index (χ2v) is 4.92. The van der Waals surface area contributed by atoms with Gasteiger partial charge in [0.25, 0.3) is 0 Å². The Hall–Kier alpha value is -0.0900. The van der Waals surface area contributed by atoms with E-state index in [4.69, 9.17) is 5.84 Å². The molecule has 1 aliphatic heterocycles. The lowest BCUT2D eigenvalue weighted by Crippen LogP contribution is -2.17. The number of nitrogens with two attached hydrogens (primary N) is 1. The summed E-state index contributed by atoms with van der Waals surface area (Å²) < 4.78 is 14.7. The van der Waals surface area contributed by atoms with Crippen molar-refractivity contribution in [2.45, 2.75) is 19.3 Å². The molecule has 0 radical (unpaired) electrons. The van der Waals surface area contributed by atoms with E-state index < -0.39 is 9.73 Å². The summed E-state index contributed by atoms with van der Waals surface area (Å²) in [6.07, 6.45) is 3.24. The molecule has 0 atom stereocenters. The van der Waals surface area contributed by atoms with Crippen LogP contribution in [0.2, 0.25) is 0 Å². The summed E-state index contributed by atoms with van der Waals surface area (Å²) in [5.41, 5.74) is 0. The van der Waals surface area contributed by atoms with Crippen molar-refractivity contribution in [2.75, 3.05) is 11.5 Å². The molecule has 1 rings (SSSR count). The Balaban J connectivity index is 2.70. The molecule has 1 saturated heterocycles. The zero-order chi connectivity index (χ0) is 6.74. The molecule has 0 aliphatic carbocycles. The fourth-order valence-corrected chi connectivity index (χ4v) is 2.76. The second kappa shape index (κ2) is 2.66. The average molecular weight is 148 g/mol. The largest absolute Gasteiger partial charge is 0.248 e. The van der Waals surface area contributed by atoms with Crippen molar-refractivity contribution in [3.63, 3.8) is 0 Å². The fourth-order valence-electron chi connectivity index (χ4n) is 1.04. The van der Waals surface area contributed by atoms with Crippen molar-refractivity contribution in [1.29, 1.82) is 0 Å². The Kier molecular flexibility index (Phi) is 2.08. The number of nitrogens with zero attached hydrogens (tertiary/aromatic N) is 1. The van der Waals surface area contributed by atoms with Gasteiger partial charge in [-0.05, 0) is 12.8 Å². The molecule has 2 N–H and O–H groups in total. The summed E-state index contributed by atoms with van der Waals surface area (Å²) in [6, 6.07) is 0. The van der Waals surface area contributed by atoms with E-state index in [1.165, 1.54) is 6.42 Å². The normalized spacial score (nSPS) is 25.4. The van der Waals surface area contributed by atoms with Crippen LogP contribution in [0.4, 0.5) is 0 Å². The zero-order valence-corrected chi connectivity index (χ0v) is 6.19. The van der Waals surface area contributed by atoms with Gasteiger partial charge < -0.3 is 0 Å². The zero-order valence-electron chi connectivity index (χ0n) is 5.38. The molecule has 0 aromatic carbocycles. The van der Waals surface area contributed by atoms with E-state index in [2.05, 4.69) is 4.47 Å². The highest BCUT2D eigenvalue weighted by Crippen LogP contribution is 2.11. The van der Waals surface area contributed by atoms with Gasteiger partial charge in [0, 0.05) is 11.5 Å². The predicted octanol–water partition coefficient (Wildman–Crippen LogP) is 0.512. The van der Waals surface area contributed by atoms with Crippen molar-refractivity contribution in [3.8, 4) is 0 Å². The van der Waals surface area contributed by atoms with E-state index in [9.17, 15) is 4.21 Å². The monoisotopic (exact) mass is 148 g/mol. The minimum absolute atomic E-state index is 0.712. The number of hydrogen-bond acceptors (Lipinski definition) is 2. The van der Waals surface area contributed by atoms with Crippen LogP contribution in [0.25, 0.3) is 0 Å². The summed E-state index contributed by atoms with van der Waals surface area (Å²) in [7, 11) is -1.93. The molecule has 0 unspecified atom stereocenters. The lowest BCUT2D eigenvalue weighted by Gasteiger charge is -2.12. The lowest BCUT2D eigenvalue weighted by molar-refractivity contribution is 0.648. The van der Waals surface area contributed by atoms with E-state index in [1.807, 2.05) is 0 Å². The highest BCUT2D eigenvalue weighted by atomic mass is 32.2. The van der Waals surface area contributed by atoms with Gasteiger partial charge in [0.15, 0.2) is 0 Å². The van der Waals surface area contributed by atoms with E-state index in [-0.39, 0.29) is 0 Å². The third-order valence-electron chi connectivity index (χ3n) is 1.62. The van der Waals surface area contributed by atoms with E-state index in [1.54, 1.807) is 0 Å². The van der Waals surface area contributed by atoms with Gasteiger partial charge in [-0.2, -0.15) is 4.47 Å². The minimum Gasteiger partial charge on any atom is -0.248 e. The second-order valence-electron chi connectivity index (χ2n) is 2.35. The molecular formula is C5H12N2OS. The maximum atomic E-state index is 11.3. The van der Waals surface area contributed by atoms with Crippen LogP contribution in [0.1, 0.15) is 19.3 Å². The van der Waals surface area contributed by atoms with Crippen molar-refractivity contribution in [1.82, 2.24) is 0 Å². The molecule has 3 nitrogen and oxygen atoms in total. The highest BCUT2D eigenvalue weighted by molar-refractivity contribution is 7.93. The SMILES string of the molecule is NN=S1(=O)CCCCC1. The molecule has 0 aromatic heterocycles. The Morgan fingerprint density at radius 2 is 1.78 bits per heavy atom. The first-order valence-corrected chi connectivity index (χ1v) is 5.04. The van der Waals surface area contributed by atoms with Crippen LogP contribution in [0.3, 0.4) is 0 Å². The van der Waals surface area contributed by atoms with Crippen molar-refractivity contribution < 1.29 is 4.21 Å². The van der Waals surface area contributed by atoms with Gasteiger partial charge in [0.05, 0.1) is 9.73 Å². The van der Waals surface area contributed by atoms with Gasteiger partial charge >= 0.3 is 0 Å². The standard InChI is InChI=1S/C5H12N2OS/c6-7-9(8)4-2-1-3-5-9/h1-6H2. The van der Waals surface area contributed by atoms with Crippen LogP contribution in [-0.4, -0.2) is 15.7 Å². The first kappa shape index (κ1) is 7.02. The first-order valence-electron chi connectivity index (χ1n) is 3.18. The van der Waals surface area contributed by atoms with Crippen molar-refractivity contribution in [2.24, 2.45) is 10.3 Å². The molecule has 1 aliphatic rings. The highest BCUT2D eigenvalue weighted by Gasteiger charge is 2.12. The maximum absolute atomic E-state index is 11.3. The predicted molar refractivity (Wildman–Crippen MR) is 38.3 cm³/mol. The molecule has 54 valence electrons. The van der Waals surface area contributed by atoms with Crippen LogP contribution in [0.5, 0.6) is 0 Å². The van der Waals surface area contributed by atoms with E-state index in [0.29, 0.717) is 11.5 Å². The van der Waals surface area contributed by atoms with Crippen LogP contribution in [-0.2, 0) is 9.73 Å². The van der Waals surface area contributed by atoms with Gasteiger partial charge in [0.1, 0.15) is 0 Å². The van der Waals surface area contributed by atoms with Crippen molar-refractivity contribution >= 4 is 9.73 Å². The minimum atomic E-state index is -1.93. The van der Waals surface area contributed by atoms with Gasteiger partial charge in [-0.1, -0.05) is 6.42 Å². The molecule has 0 amide bonds. The summed E-state index contributed by atoms with van der Waals surface area (Å²) >= 11 is 0. The Bertz CT molecular complexity index is 181. The van der Waals surface area contributed by atoms with Gasteiger partial charge in [-0.3, -0.25) is 0 Å². The smallest absolute Gasteiger partial charge is 0.0634 e. The summed E-state index contributed by atoms with van der Waals surface area (Å²) in [5, 5.41) is 0. The average Bonchev–Trinajstić information content (AvgIpc) is 1.90. The number of hydrogen-bond donors (Lipinski definition) is 1. The fraction of sp³-hybridized carbons (Fsp3) is 1.00. The summed E-state index contributed by atoms with van der Waals surface area (Å²) in [6.45, 7) is 0. The van der Waals surface area contributed by atoms with Crippen LogP contribution >= 0.6 is 0 Å². The van der Waals surface area contributed by atoms with Gasteiger partial charge in [0.2, 0.25) is 0 Å². The molecule has 0 aromatic rings. The molecule has 9 heavy (non-hydrogen) atoms. The van der Waals surface area contributed by atoms with E-state index >= 15 is 0 Å².